The number of hydrogen-bond acceptors (Lipinski definition) is 5. The molecule has 5 nitrogen and oxygen atoms in total. The molecule has 0 aromatic rings. The van der Waals surface area contributed by atoms with E-state index in [1.165, 1.54) is 122 Å². The fourth-order valence-electron chi connectivity index (χ4n) is 7.72. The summed E-state index contributed by atoms with van der Waals surface area (Å²) in [6.45, 7) is 4.01. The van der Waals surface area contributed by atoms with E-state index in [4.69, 9.17) is 9.47 Å². The molecule has 0 aliphatic carbocycles. The molecule has 1 atom stereocenters. The predicted octanol–water partition coefficient (Wildman–Crippen LogP) is 19.5. The van der Waals surface area contributed by atoms with Crippen LogP contribution in [-0.4, -0.2) is 36.4 Å². The Labute approximate surface area is 426 Å². The van der Waals surface area contributed by atoms with E-state index in [1.54, 1.807) is 0 Å². The van der Waals surface area contributed by atoms with Gasteiger partial charge in [0.1, 0.15) is 6.61 Å². The highest BCUT2D eigenvalue weighted by Crippen LogP contribution is 2.15. The highest BCUT2D eigenvalue weighted by molar-refractivity contribution is 5.70. The lowest BCUT2D eigenvalue weighted by Crippen LogP contribution is -2.28. The molecule has 0 aliphatic rings. The van der Waals surface area contributed by atoms with Crippen LogP contribution in [0.5, 0.6) is 0 Å². The maximum atomic E-state index is 12.3. The number of aliphatic hydroxyl groups excluding tert-OH is 1. The predicted molar refractivity (Wildman–Crippen MR) is 302 cm³/mol. The molecule has 0 saturated carbocycles. The van der Waals surface area contributed by atoms with E-state index in [-0.39, 0.29) is 25.2 Å². The second kappa shape index (κ2) is 58.6. The summed E-state index contributed by atoms with van der Waals surface area (Å²) in [5, 5.41) is 9.65. The third kappa shape index (κ3) is 56.8. The Hall–Kier alpha value is -3.70. The molecule has 0 aromatic carbocycles. The van der Waals surface area contributed by atoms with Crippen molar-refractivity contribution in [3.63, 3.8) is 0 Å². The molecular weight excluding hydrogens is 849 g/mol. The van der Waals surface area contributed by atoms with Crippen LogP contribution in [0.15, 0.2) is 122 Å². The summed E-state index contributed by atoms with van der Waals surface area (Å²) in [5.74, 6) is -0.604. The minimum atomic E-state index is -0.784. The van der Waals surface area contributed by atoms with Gasteiger partial charge in [-0.2, -0.15) is 0 Å². The monoisotopic (exact) mass is 955 g/mol. The topological polar surface area (TPSA) is 72.8 Å². The number of ether oxygens (including phenoxy) is 2. The normalized spacial score (nSPS) is 13.1. The van der Waals surface area contributed by atoms with Crippen LogP contribution in [0.1, 0.15) is 251 Å². The van der Waals surface area contributed by atoms with E-state index < -0.39 is 6.10 Å². The van der Waals surface area contributed by atoms with Gasteiger partial charge in [-0.15, -0.1) is 0 Å². The second-order valence-corrected chi connectivity index (χ2v) is 18.6. The van der Waals surface area contributed by atoms with Crippen molar-refractivity contribution in [1.82, 2.24) is 0 Å². The Morgan fingerprint density at radius 2 is 0.623 bits per heavy atom. The zero-order chi connectivity index (χ0) is 49.9. The SMILES string of the molecule is CC/C=C\C/C=C\C/C=C\C/C=C\C/C=C\C/C=C\C/C=C\C/C=C\CCCCCCCCCCCCCCC(=O)OC(CO)COC(=O)CCCCCCCCC/C=C\C/C=C\CCCCCC. The van der Waals surface area contributed by atoms with Crippen molar-refractivity contribution in [2.75, 3.05) is 13.2 Å². The molecule has 0 radical (unpaired) electrons. The van der Waals surface area contributed by atoms with Gasteiger partial charge >= 0.3 is 11.9 Å². The van der Waals surface area contributed by atoms with E-state index >= 15 is 0 Å². The molecule has 1 unspecified atom stereocenters. The second-order valence-electron chi connectivity index (χ2n) is 18.6. The summed E-state index contributed by atoms with van der Waals surface area (Å²) < 4.78 is 10.7. The highest BCUT2D eigenvalue weighted by Gasteiger charge is 2.16. The van der Waals surface area contributed by atoms with Gasteiger partial charge in [-0.05, 0) is 109 Å². The van der Waals surface area contributed by atoms with E-state index in [0.29, 0.717) is 12.8 Å². The molecule has 392 valence electrons. The summed E-state index contributed by atoms with van der Waals surface area (Å²) >= 11 is 0. The lowest BCUT2D eigenvalue weighted by Gasteiger charge is -2.15. The average molecular weight is 956 g/mol. The van der Waals surface area contributed by atoms with Crippen LogP contribution >= 0.6 is 0 Å². The summed E-state index contributed by atoms with van der Waals surface area (Å²) in [5.41, 5.74) is 0. The summed E-state index contributed by atoms with van der Waals surface area (Å²) in [4.78, 5) is 24.5. The van der Waals surface area contributed by atoms with Gasteiger partial charge in [-0.1, -0.05) is 251 Å². The maximum absolute atomic E-state index is 12.3. The van der Waals surface area contributed by atoms with E-state index in [1.807, 2.05) is 0 Å². The van der Waals surface area contributed by atoms with Crippen LogP contribution in [0, 0.1) is 0 Å². The van der Waals surface area contributed by atoms with Crippen LogP contribution in [0.3, 0.4) is 0 Å². The number of esters is 2. The van der Waals surface area contributed by atoms with Crippen molar-refractivity contribution in [1.29, 1.82) is 0 Å². The van der Waals surface area contributed by atoms with Gasteiger partial charge in [0.25, 0.3) is 0 Å². The first-order valence-corrected chi connectivity index (χ1v) is 28.6. The first kappa shape index (κ1) is 65.3. The largest absolute Gasteiger partial charge is 0.462 e. The molecule has 0 heterocycles. The van der Waals surface area contributed by atoms with Crippen LogP contribution in [0.25, 0.3) is 0 Å². The molecule has 0 amide bonds. The molecular formula is C64H106O5. The average Bonchev–Trinajstić information content (AvgIpc) is 3.35. The van der Waals surface area contributed by atoms with Crippen molar-refractivity contribution < 1.29 is 24.2 Å². The summed E-state index contributed by atoms with van der Waals surface area (Å²) in [6, 6.07) is 0. The number of unbranched alkanes of at least 4 members (excludes halogenated alkanes) is 23. The first-order valence-electron chi connectivity index (χ1n) is 28.6. The Morgan fingerprint density at radius 3 is 0.942 bits per heavy atom. The molecule has 0 saturated heterocycles. The van der Waals surface area contributed by atoms with Crippen molar-refractivity contribution >= 4 is 11.9 Å². The number of aliphatic hydroxyl groups is 1. The van der Waals surface area contributed by atoms with Crippen LogP contribution in [0.4, 0.5) is 0 Å². The fourth-order valence-corrected chi connectivity index (χ4v) is 7.72. The quantitative estimate of drug-likeness (QED) is 0.0374. The minimum Gasteiger partial charge on any atom is -0.462 e. The van der Waals surface area contributed by atoms with E-state index in [9.17, 15) is 14.7 Å². The summed E-state index contributed by atoms with van der Waals surface area (Å²) in [7, 11) is 0. The number of allylic oxidation sites excluding steroid dienone is 20. The molecule has 0 fully saturated rings. The standard InChI is InChI=1S/C64H106O5/c1-3-5-7-9-11-13-15-17-19-21-23-24-25-26-27-28-29-30-31-32-33-34-35-36-37-38-39-40-41-43-45-47-49-51-53-55-57-59-64(67)69-62(60-65)61-68-63(66)58-56-54-52-50-48-46-44-42-22-20-18-16-14-12-10-8-6-4-2/h5,7,11,13-14,16-17,19-20,22-24,26-27,29-30,32-33,35-36,62,65H,3-4,6,8-10,12,15,18,21,25,28,31,34,37-61H2,1-2H3/b7-5-,13-11-,16-14-,19-17-,22-20-,24-23-,27-26-,30-29-,33-32-,36-35-. The molecule has 5 heteroatoms. The van der Waals surface area contributed by atoms with Gasteiger partial charge in [-0.25, -0.2) is 0 Å². The molecule has 0 aliphatic heterocycles. The van der Waals surface area contributed by atoms with E-state index in [0.717, 1.165) is 103 Å². The smallest absolute Gasteiger partial charge is 0.306 e. The third-order valence-corrected chi connectivity index (χ3v) is 12.0. The van der Waals surface area contributed by atoms with Gasteiger partial charge in [0.15, 0.2) is 6.10 Å². The van der Waals surface area contributed by atoms with E-state index in [2.05, 4.69) is 135 Å². The molecule has 0 rings (SSSR count). The van der Waals surface area contributed by atoms with Gasteiger partial charge in [0.2, 0.25) is 0 Å². The fraction of sp³-hybridized carbons (Fsp3) is 0.656. The van der Waals surface area contributed by atoms with Crippen molar-refractivity contribution in [2.24, 2.45) is 0 Å². The Bertz CT molecular complexity index is 1400. The number of carbonyl (C=O) groups excluding carboxylic acids is 2. The Morgan fingerprint density at radius 1 is 0.348 bits per heavy atom. The van der Waals surface area contributed by atoms with Gasteiger partial charge < -0.3 is 14.6 Å². The lowest BCUT2D eigenvalue weighted by molar-refractivity contribution is -0.161. The van der Waals surface area contributed by atoms with Crippen molar-refractivity contribution in [3.8, 4) is 0 Å². The summed E-state index contributed by atoms with van der Waals surface area (Å²) in [6.07, 6.45) is 85.9. The lowest BCUT2D eigenvalue weighted by atomic mass is 10.0. The first-order chi connectivity index (χ1) is 34.1. The van der Waals surface area contributed by atoms with Gasteiger partial charge in [0, 0.05) is 12.8 Å². The highest BCUT2D eigenvalue weighted by atomic mass is 16.6. The van der Waals surface area contributed by atoms with Crippen molar-refractivity contribution in [2.45, 2.75) is 258 Å². The van der Waals surface area contributed by atoms with Gasteiger partial charge in [-0.3, -0.25) is 9.59 Å². The molecule has 69 heavy (non-hydrogen) atoms. The van der Waals surface area contributed by atoms with Crippen LogP contribution in [0.2, 0.25) is 0 Å². The number of rotatable bonds is 51. The zero-order valence-electron chi connectivity index (χ0n) is 44.8. The molecule has 0 bridgehead atoms. The number of hydrogen-bond donors (Lipinski definition) is 1. The van der Waals surface area contributed by atoms with Crippen LogP contribution < -0.4 is 0 Å². The zero-order valence-corrected chi connectivity index (χ0v) is 44.8. The van der Waals surface area contributed by atoms with Gasteiger partial charge in [0.05, 0.1) is 6.61 Å². The Balaban J connectivity index is 3.55. The molecule has 0 spiro atoms. The maximum Gasteiger partial charge on any atom is 0.306 e. The minimum absolute atomic E-state index is 0.0755. The molecule has 0 aromatic heterocycles. The third-order valence-electron chi connectivity index (χ3n) is 12.0. The Kier molecular flexibility index (Phi) is 55.5. The van der Waals surface area contributed by atoms with Crippen LogP contribution in [-0.2, 0) is 19.1 Å². The van der Waals surface area contributed by atoms with Crippen molar-refractivity contribution in [3.05, 3.63) is 122 Å². The molecule has 1 N–H and O–H groups in total. The number of carbonyl (C=O) groups is 2.